The molecule has 0 unspecified atom stereocenters. The van der Waals surface area contributed by atoms with Gasteiger partial charge in [-0.25, -0.2) is 4.68 Å². The number of hydrogen-bond acceptors (Lipinski definition) is 7. The van der Waals surface area contributed by atoms with Crippen LogP contribution in [0.4, 0.5) is 11.8 Å². The number of aryl methyl sites for hydroxylation is 1. The third-order valence-corrected chi connectivity index (χ3v) is 4.05. The molecule has 0 fully saturated rings. The second-order valence-electron chi connectivity index (χ2n) is 7.27. The summed E-state index contributed by atoms with van der Waals surface area (Å²) in [6, 6.07) is 11.7. The van der Waals surface area contributed by atoms with Crippen molar-refractivity contribution in [3.63, 3.8) is 0 Å². The van der Waals surface area contributed by atoms with Crippen LogP contribution in [0.2, 0.25) is 0 Å². The molecule has 0 bridgehead atoms. The second-order valence-corrected chi connectivity index (χ2v) is 7.27. The van der Waals surface area contributed by atoms with Crippen LogP contribution in [0.5, 0.6) is 0 Å². The van der Waals surface area contributed by atoms with Crippen molar-refractivity contribution in [1.29, 1.82) is 5.26 Å². The fourth-order valence-corrected chi connectivity index (χ4v) is 2.60. The smallest absolute Gasteiger partial charge is 0.263 e. The number of benzene rings is 1. The van der Waals surface area contributed by atoms with Gasteiger partial charge in [0.05, 0.1) is 11.4 Å². The predicted octanol–water partition coefficient (Wildman–Crippen LogP) is 3.05. The van der Waals surface area contributed by atoms with Crippen molar-refractivity contribution in [2.75, 3.05) is 17.6 Å². The van der Waals surface area contributed by atoms with Crippen LogP contribution >= 0.6 is 0 Å². The van der Waals surface area contributed by atoms with Crippen LogP contribution in [0, 0.1) is 11.3 Å². The fourth-order valence-electron chi connectivity index (χ4n) is 2.60. The Morgan fingerprint density at radius 1 is 1.26 bits per heavy atom. The van der Waals surface area contributed by atoms with Gasteiger partial charge in [-0.15, -0.1) is 0 Å². The lowest BCUT2D eigenvalue weighted by atomic mass is 9.97. The molecule has 140 valence electrons. The molecule has 0 atom stereocenters. The minimum Gasteiger partial charge on any atom is -0.382 e. The highest BCUT2D eigenvalue weighted by molar-refractivity contribution is 5.56. The highest BCUT2D eigenvalue weighted by Gasteiger charge is 2.21. The Bertz CT molecular complexity index is 945. The molecule has 27 heavy (non-hydrogen) atoms. The van der Waals surface area contributed by atoms with Gasteiger partial charge in [0, 0.05) is 12.0 Å². The van der Waals surface area contributed by atoms with E-state index in [9.17, 15) is 5.26 Å². The molecule has 2 aromatic heterocycles. The van der Waals surface area contributed by atoms with Crippen molar-refractivity contribution in [2.24, 2.45) is 0 Å². The van der Waals surface area contributed by atoms with Crippen molar-refractivity contribution >= 4 is 11.8 Å². The Morgan fingerprint density at radius 2 is 2.00 bits per heavy atom. The molecule has 0 aliphatic carbocycles. The summed E-state index contributed by atoms with van der Waals surface area (Å²) in [5, 5.41) is 21.0. The number of nitrogens with zero attached hydrogens (tertiary/aromatic N) is 5. The molecular formula is C19H23N7O. The number of aromatic nitrogens is 4. The van der Waals surface area contributed by atoms with Crippen molar-refractivity contribution in [3.05, 3.63) is 47.5 Å². The molecule has 8 heteroatoms. The van der Waals surface area contributed by atoms with E-state index in [0.29, 0.717) is 41.9 Å². The van der Waals surface area contributed by atoms with E-state index in [1.165, 1.54) is 0 Å². The first-order chi connectivity index (χ1) is 12.9. The van der Waals surface area contributed by atoms with E-state index in [2.05, 4.69) is 26.6 Å². The lowest BCUT2D eigenvalue weighted by Gasteiger charge is -2.10. The lowest BCUT2D eigenvalue weighted by Crippen LogP contribution is -2.12. The van der Waals surface area contributed by atoms with E-state index in [0.717, 1.165) is 12.1 Å². The quantitative estimate of drug-likeness (QED) is 0.644. The zero-order valence-corrected chi connectivity index (χ0v) is 15.7. The maximum absolute atomic E-state index is 9.44. The molecule has 1 aromatic carbocycles. The molecule has 0 saturated carbocycles. The molecular weight excluding hydrogens is 342 g/mol. The molecule has 8 nitrogen and oxygen atoms in total. The zero-order chi connectivity index (χ0) is 19.4. The maximum atomic E-state index is 9.44. The monoisotopic (exact) mass is 365 g/mol. The van der Waals surface area contributed by atoms with Crippen molar-refractivity contribution in [1.82, 2.24) is 19.9 Å². The Morgan fingerprint density at radius 3 is 2.63 bits per heavy atom. The van der Waals surface area contributed by atoms with Gasteiger partial charge in [-0.05, 0) is 30.1 Å². The molecule has 0 spiro atoms. The number of nitrogens with two attached hydrogens (primary N) is 1. The SMILES string of the molecule is CC(C)(C)c1nc(NCCCc2nn(-c3ccccc3)c(N)c2C#N)no1. The largest absolute Gasteiger partial charge is 0.382 e. The molecule has 0 amide bonds. The normalized spacial score (nSPS) is 11.3. The summed E-state index contributed by atoms with van der Waals surface area (Å²) in [5.41, 5.74) is 7.87. The van der Waals surface area contributed by atoms with E-state index >= 15 is 0 Å². The summed E-state index contributed by atoms with van der Waals surface area (Å²) in [5.74, 6) is 1.42. The number of anilines is 2. The van der Waals surface area contributed by atoms with Gasteiger partial charge < -0.3 is 15.6 Å². The van der Waals surface area contributed by atoms with Gasteiger partial charge in [0.1, 0.15) is 17.5 Å². The molecule has 3 aromatic rings. The number of nitrogens with one attached hydrogen (secondary N) is 1. The van der Waals surface area contributed by atoms with Crippen molar-refractivity contribution in [3.8, 4) is 11.8 Å². The van der Waals surface area contributed by atoms with Crippen molar-refractivity contribution in [2.45, 2.75) is 39.0 Å². The number of hydrogen-bond donors (Lipinski definition) is 2. The first-order valence-corrected chi connectivity index (χ1v) is 8.81. The van der Waals surface area contributed by atoms with Gasteiger partial charge in [0.25, 0.3) is 5.95 Å². The van der Waals surface area contributed by atoms with Gasteiger partial charge >= 0.3 is 0 Å². The fraction of sp³-hybridized carbons (Fsp3) is 0.368. The topological polar surface area (TPSA) is 119 Å². The Kier molecular flexibility index (Phi) is 5.12. The highest BCUT2D eigenvalue weighted by Crippen LogP contribution is 2.22. The number of rotatable bonds is 6. The average Bonchev–Trinajstić information content (AvgIpc) is 3.24. The van der Waals surface area contributed by atoms with Gasteiger partial charge in [-0.1, -0.05) is 39.0 Å². The first-order valence-electron chi connectivity index (χ1n) is 8.81. The van der Waals surface area contributed by atoms with E-state index in [1.54, 1.807) is 4.68 Å². The maximum Gasteiger partial charge on any atom is 0.263 e. The first kappa shape index (κ1) is 18.5. The molecule has 0 saturated heterocycles. The molecule has 0 aliphatic heterocycles. The molecule has 3 rings (SSSR count). The van der Waals surface area contributed by atoms with Crippen LogP contribution in [0.15, 0.2) is 34.9 Å². The van der Waals surface area contributed by atoms with Gasteiger partial charge in [-0.3, -0.25) is 0 Å². The summed E-state index contributed by atoms with van der Waals surface area (Å²) in [6.07, 6.45) is 1.36. The van der Waals surface area contributed by atoms with E-state index in [1.807, 2.05) is 51.1 Å². The van der Waals surface area contributed by atoms with Gasteiger partial charge in [-0.2, -0.15) is 15.3 Å². The van der Waals surface area contributed by atoms with Crippen molar-refractivity contribution < 1.29 is 4.52 Å². The number of para-hydroxylation sites is 1. The summed E-state index contributed by atoms with van der Waals surface area (Å²) in [4.78, 5) is 4.34. The minimum atomic E-state index is -0.184. The second kappa shape index (κ2) is 7.50. The molecule has 0 aliphatic rings. The van der Waals surface area contributed by atoms with E-state index in [4.69, 9.17) is 10.3 Å². The van der Waals surface area contributed by atoms with Crippen LogP contribution < -0.4 is 11.1 Å². The average molecular weight is 365 g/mol. The summed E-state index contributed by atoms with van der Waals surface area (Å²) < 4.78 is 6.86. The Balaban J connectivity index is 1.63. The van der Waals surface area contributed by atoms with Crippen LogP contribution in [-0.2, 0) is 11.8 Å². The van der Waals surface area contributed by atoms with E-state index < -0.39 is 0 Å². The molecule has 2 heterocycles. The minimum absolute atomic E-state index is 0.184. The predicted molar refractivity (Wildman–Crippen MR) is 103 cm³/mol. The zero-order valence-electron chi connectivity index (χ0n) is 15.7. The third kappa shape index (κ3) is 4.08. The molecule has 0 radical (unpaired) electrons. The Hall–Kier alpha value is -3.34. The summed E-state index contributed by atoms with van der Waals surface area (Å²) in [7, 11) is 0. The number of nitriles is 1. The standard InChI is InChI=1S/C19H23N7O/c1-19(2,3)17-23-18(25-27-17)22-11-7-10-15-14(12-20)16(21)26(24-15)13-8-5-4-6-9-13/h4-6,8-9H,7,10-11,21H2,1-3H3,(H,22,25). The van der Waals surface area contributed by atoms with Crippen LogP contribution in [0.3, 0.4) is 0 Å². The van der Waals surface area contributed by atoms with Gasteiger partial charge in [0.15, 0.2) is 0 Å². The van der Waals surface area contributed by atoms with Crippen LogP contribution in [0.25, 0.3) is 5.69 Å². The molecule has 3 N–H and O–H groups in total. The van der Waals surface area contributed by atoms with Gasteiger partial charge in [0.2, 0.25) is 5.89 Å². The lowest BCUT2D eigenvalue weighted by molar-refractivity contribution is 0.321. The Labute approximate surface area is 158 Å². The highest BCUT2D eigenvalue weighted by atomic mass is 16.5. The number of nitrogen functional groups attached to an aromatic ring is 1. The summed E-state index contributed by atoms with van der Waals surface area (Å²) >= 11 is 0. The summed E-state index contributed by atoms with van der Waals surface area (Å²) in [6.45, 7) is 6.68. The van der Waals surface area contributed by atoms with Crippen LogP contribution in [0.1, 0.15) is 44.3 Å². The van der Waals surface area contributed by atoms with E-state index in [-0.39, 0.29) is 5.41 Å². The third-order valence-electron chi connectivity index (χ3n) is 4.05. The van der Waals surface area contributed by atoms with Crippen LogP contribution in [-0.4, -0.2) is 26.5 Å².